The van der Waals surface area contributed by atoms with Crippen LogP contribution >= 0.6 is 0 Å². The maximum atomic E-state index is 12.9. The molecule has 0 saturated carbocycles. The Morgan fingerprint density at radius 2 is 2.12 bits per heavy atom. The second kappa shape index (κ2) is 6.78. The summed E-state index contributed by atoms with van der Waals surface area (Å²) in [4.78, 5) is 23.7. The van der Waals surface area contributed by atoms with Gasteiger partial charge in [0.2, 0.25) is 5.91 Å². The molecular formula is C15H15F3N4O2. The number of alkyl halides is 3. The minimum absolute atomic E-state index is 0.0869. The van der Waals surface area contributed by atoms with Crippen molar-refractivity contribution in [2.75, 3.05) is 11.9 Å². The summed E-state index contributed by atoms with van der Waals surface area (Å²) in [5.74, 6) is -0.420. The third kappa shape index (κ3) is 3.95. The summed E-state index contributed by atoms with van der Waals surface area (Å²) in [6.07, 6.45) is -4.03. The number of amides is 3. The number of benzene rings is 1. The molecule has 2 unspecified atom stereocenters. The SMILES string of the molecule is CC1CCNC(=O)C1NC(=O)Nc1ccc(C#N)c(C(F)(F)F)c1. The van der Waals surface area contributed by atoms with Gasteiger partial charge in [-0.15, -0.1) is 0 Å². The van der Waals surface area contributed by atoms with Crippen LogP contribution in [0.15, 0.2) is 18.2 Å². The summed E-state index contributed by atoms with van der Waals surface area (Å²) in [5.41, 5.74) is -1.79. The van der Waals surface area contributed by atoms with Gasteiger partial charge < -0.3 is 16.0 Å². The van der Waals surface area contributed by atoms with E-state index >= 15 is 0 Å². The Kier molecular flexibility index (Phi) is 4.97. The Bertz CT molecular complexity index is 697. The maximum absolute atomic E-state index is 12.9. The minimum Gasteiger partial charge on any atom is -0.354 e. The smallest absolute Gasteiger partial charge is 0.354 e. The van der Waals surface area contributed by atoms with Crippen molar-refractivity contribution in [2.24, 2.45) is 5.92 Å². The van der Waals surface area contributed by atoms with Crippen molar-refractivity contribution >= 4 is 17.6 Å². The molecule has 1 fully saturated rings. The van der Waals surface area contributed by atoms with Crippen LogP contribution in [0.5, 0.6) is 0 Å². The van der Waals surface area contributed by atoms with Crippen molar-refractivity contribution in [1.82, 2.24) is 10.6 Å². The highest BCUT2D eigenvalue weighted by Gasteiger charge is 2.34. The van der Waals surface area contributed by atoms with Crippen molar-refractivity contribution in [3.05, 3.63) is 29.3 Å². The van der Waals surface area contributed by atoms with Gasteiger partial charge in [-0.1, -0.05) is 6.92 Å². The molecule has 24 heavy (non-hydrogen) atoms. The van der Waals surface area contributed by atoms with Gasteiger partial charge in [0, 0.05) is 12.2 Å². The quantitative estimate of drug-likeness (QED) is 0.770. The highest BCUT2D eigenvalue weighted by molar-refractivity contribution is 5.94. The predicted molar refractivity (Wildman–Crippen MR) is 78.9 cm³/mol. The van der Waals surface area contributed by atoms with Gasteiger partial charge in [0.25, 0.3) is 0 Å². The molecule has 1 aromatic rings. The number of urea groups is 1. The average Bonchev–Trinajstić information content (AvgIpc) is 2.50. The lowest BCUT2D eigenvalue weighted by molar-refractivity contribution is -0.137. The first-order valence-electron chi connectivity index (χ1n) is 7.19. The molecule has 1 aliphatic rings. The molecule has 128 valence electrons. The molecule has 6 nitrogen and oxygen atoms in total. The third-order valence-corrected chi connectivity index (χ3v) is 3.74. The fourth-order valence-electron chi connectivity index (χ4n) is 2.43. The first-order chi connectivity index (χ1) is 11.2. The largest absolute Gasteiger partial charge is 0.417 e. The third-order valence-electron chi connectivity index (χ3n) is 3.74. The van der Waals surface area contributed by atoms with Gasteiger partial charge in [-0.25, -0.2) is 4.79 Å². The molecule has 0 radical (unpaired) electrons. The number of hydrogen-bond donors (Lipinski definition) is 3. The Morgan fingerprint density at radius 3 is 2.71 bits per heavy atom. The standard InChI is InChI=1S/C15H15F3N4O2/c1-8-4-5-20-13(23)12(8)22-14(24)21-10-3-2-9(7-19)11(6-10)15(16,17)18/h2-3,6,8,12H,4-5H2,1H3,(H,20,23)(H2,21,22,24). The molecule has 1 aliphatic heterocycles. The summed E-state index contributed by atoms with van der Waals surface area (Å²) in [6.45, 7) is 2.32. The topological polar surface area (TPSA) is 94.0 Å². The molecule has 3 amide bonds. The fraction of sp³-hybridized carbons (Fsp3) is 0.400. The van der Waals surface area contributed by atoms with Crippen molar-refractivity contribution in [1.29, 1.82) is 5.26 Å². The number of hydrogen-bond acceptors (Lipinski definition) is 3. The number of carbonyl (C=O) groups excluding carboxylic acids is 2. The maximum Gasteiger partial charge on any atom is 0.417 e. The summed E-state index contributed by atoms with van der Waals surface area (Å²) >= 11 is 0. The van der Waals surface area contributed by atoms with E-state index in [2.05, 4.69) is 16.0 Å². The molecule has 0 bridgehead atoms. The van der Waals surface area contributed by atoms with Crippen molar-refractivity contribution in [3.63, 3.8) is 0 Å². The van der Waals surface area contributed by atoms with E-state index in [4.69, 9.17) is 5.26 Å². The van der Waals surface area contributed by atoms with Gasteiger partial charge in [-0.05, 0) is 30.5 Å². The molecular weight excluding hydrogens is 325 g/mol. The second-order valence-corrected chi connectivity index (χ2v) is 5.50. The molecule has 2 rings (SSSR count). The molecule has 1 saturated heterocycles. The average molecular weight is 340 g/mol. The van der Waals surface area contributed by atoms with E-state index in [1.54, 1.807) is 6.92 Å². The van der Waals surface area contributed by atoms with E-state index in [9.17, 15) is 22.8 Å². The Labute approximate surface area is 136 Å². The highest BCUT2D eigenvalue weighted by Crippen LogP contribution is 2.33. The highest BCUT2D eigenvalue weighted by atomic mass is 19.4. The van der Waals surface area contributed by atoms with Crippen molar-refractivity contribution < 1.29 is 22.8 Å². The summed E-state index contributed by atoms with van der Waals surface area (Å²) in [5, 5.41) is 16.0. The molecule has 3 N–H and O–H groups in total. The van der Waals surface area contributed by atoms with Crippen LogP contribution in [0.4, 0.5) is 23.7 Å². The van der Waals surface area contributed by atoms with Crippen LogP contribution in [0, 0.1) is 17.2 Å². The monoisotopic (exact) mass is 340 g/mol. The van der Waals surface area contributed by atoms with Crippen LogP contribution in [0.1, 0.15) is 24.5 Å². The normalized spacial score (nSPS) is 20.7. The minimum atomic E-state index is -4.71. The first-order valence-corrected chi connectivity index (χ1v) is 7.19. The second-order valence-electron chi connectivity index (χ2n) is 5.50. The Morgan fingerprint density at radius 1 is 1.42 bits per heavy atom. The van der Waals surface area contributed by atoms with E-state index in [-0.39, 0.29) is 17.5 Å². The Balaban J connectivity index is 2.12. The molecule has 2 atom stereocenters. The Hall–Kier alpha value is -2.76. The number of rotatable bonds is 2. The number of halogens is 3. The van der Waals surface area contributed by atoms with E-state index in [1.807, 2.05) is 0 Å². The predicted octanol–water partition coefficient (Wildman–Crippen LogP) is 2.22. The van der Waals surface area contributed by atoms with Gasteiger partial charge in [0.15, 0.2) is 0 Å². The number of anilines is 1. The fourth-order valence-corrected chi connectivity index (χ4v) is 2.43. The lowest BCUT2D eigenvalue weighted by Gasteiger charge is -2.29. The van der Waals surface area contributed by atoms with Crippen LogP contribution in [0.25, 0.3) is 0 Å². The van der Waals surface area contributed by atoms with Crippen molar-refractivity contribution in [2.45, 2.75) is 25.6 Å². The van der Waals surface area contributed by atoms with Gasteiger partial charge in [-0.3, -0.25) is 4.79 Å². The number of nitrogens with zero attached hydrogens (tertiary/aromatic N) is 1. The van der Waals surface area contributed by atoms with Crippen LogP contribution in [-0.2, 0) is 11.0 Å². The zero-order valence-corrected chi connectivity index (χ0v) is 12.7. The molecule has 1 heterocycles. The van der Waals surface area contributed by atoms with Gasteiger partial charge >= 0.3 is 12.2 Å². The zero-order valence-electron chi connectivity index (χ0n) is 12.7. The lowest BCUT2D eigenvalue weighted by Crippen LogP contribution is -2.55. The van der Waals surface area contributed by atoms with E-state index < -0.39 is 29.4 Å². The number of nitrogens with one attached hydrogen (secondary N) is 3. The van der Waals surface area contributed by atoms with Gasteiger partial charge in [-0.2, -0.15) is 18.4 Å². The lowest BCUT2D eigenvalue weighted by atomic mass is 9.94. The number of carbonyl (C=O) groups is 2. The van der Waals surface area contributed by atoms with Crippen molar-refractivity contribution in [3.8, 4) is 6.07 Å². The molecule has 0 aliphatic carbocycles. The van der Waals surface area contributed by atoms with Crippen LogP contribution in [0.3, 0.4) is 0 Å². The summed E-state index contributed by atoms with van der Waals surface area (Å²) < 4.78 is 38.7. The summed E-state index contributed by atoms with van der Waals surface area (Å²) in [6, 6.07) is 2.77. The van der Waals surface area contributed by atoms with Gasteiger partial charge in [0.05, 0.1) is 17.2 Å². The van der Waals surface area contributed by atoms with Crippen LogP contribution in [-0.4, -0.2) is 24.5 Å². The van der Waals surface area contributed by atoms with E-state index in [1.165, 1.54) is 12.1 Å². The molecule has 1 aromatic carbocycles. The number of nitriles is 1. The van der Waals surface area contributed by atoms with Crippen LogP contribution in [0.2, 0.25) is 0 Å². The first kappa shape index (κ1) is 17.6. The van der Waals surface area contributed by atoms with Crippen LogP contribution < -0.4 is 16.0 Å². The van der Waals surface area contributed by atoms with Gasteiger partial charge in [0.1, 0.15) is 6.04 Å². The van der Waals surface area contributed by atoms with E-state index in [0.717, 1.165) is 6.07 Å². The molecule has 0 spiro atoms. The molecule has 0 aromatic heterocycles. The zero-order chi connectivity index (χ0) is 17.9. The number of piperidine rings is 1. The molecule has 9 heteroatoms. The summed E-state index contributed by atoms with van der Waals surface area (Å²) in [7, 11) is 0. The van der Waals surface area contributed by atoms with E-state index in [0.29, 0.717) is 19.0 Å².